The van der Waals surface area contributed by atoms with Crippen molar-refractivity contribution in [1.82, 2.24) is 14.8 Å². The van der Waals surface area contributed by atoms with Gasteiger partial charge in [0.25, 0.3) is 0 Å². The fraction of sp³-hybridized carbons (Fsp3) is 0.500. The first-order valence-corrected chi connectivity index (χ1v) is 10.3. The Morgan fingerprint density at radius 2 is 2.17 bits per heavy atom. The first kappa shape index (κ1) is 20.4. The number of methoxy groups -OCH3 is 1. The molecule has 3 heterocycles. The summed E-state index contributed by atoms with van der Waals surface area (Å²) in [6.45, 7) is 1.85. The number of anilines is 1. The van der Waals surface area contributed by atoms with E-state index in [4.69, 9.17) is 10.00 Å². The number of pyridine rings is 1. The lowest BCUT2D eigenvalue weighted by Gasteiger charge is -2.33. The topological polar surface area (TPSA) is 81.5 Å². The van der Waals surface area contributed by atoms with Gasteiger partial charge in [0.05, 0.1) is 43.7 Å². The minimum absolute atomic E-state index is 0.0376. The van der Waals surface area contributed by atoms with Crippen molar-refractivity contribution < 1.29 is 13.9 Å². The Morgan fingerprint density at radius 3 is 2.90 bits per heavy atom. The number of carbonyl (C=O) groups is 1. The molecule has 0 radical (unpaired) electrons. The van der Waals surface area contributed by atoms with E-state index < -0.39 is 12.2 Å². The Labute approximate surface area is 175 Å². The molecule has 0 aliphatic carbocycles. The maximum absolute atomic E-state index is 13.6. The summed E-state index contributed by atoms with van der Waals surface area (Å²) in [5, 5.41) is 13.7. The first-order chi connectivity index (χ1) is 14.6. The van der Waals surface area contributed by atoms with E-state index in [0.717, 1.165) is 48.3 Å². The predicted molar refractivity (Wildman–Crippen MR) is 112 cm³/mol. The lowest BCUT2D eigenvalue weighted by atomic mass is 10.0. The van der Waals surface area contributed by atoms with E-state index in [1.165, 1.54) is 4.90 Å². The molecule has 1 unspecified atom stereocenters. The molecule has 2 fully saturated rings. The number of benzene rings is 1. The van der Waals surface area contributed by atoms with E-state index in [-0.39, 0.29) is 25.4 Å². The fourth-order valence-corrected chi connectivity index (χ4v) is 4.24. The van der Waals surface area contributed by atoms with Gasteiger partial charge in [0.2, 0.25) is 5.91 Å². The van der Waals surface area contributed by atoms with Crippen molar-refractivity contribution >= 4 is 22.5 Å². The highest BCUT2D eigenvalue weighted by atomic mass is 19.1. The number of piperidine rings is 1. The first-order valence-electron chi connectivity index (χ1n) is 10.3. The summed E-state index contributed by atoms with van der Waals surface area (Å²) in [6.07, 6.45) is 2.68. The number of likely N-dealkylation sites (tertiary alicyclic amines) is 2. The zero-order chi connectivity index (χ0) is 21.1. The maximum Gasteiger partial charge on any atom is 0.237 e. The molecule has 30 heavy (non-hydrogen) atoms. The highest BCUT2D eigenvalue weighted by Crippen LogP contribution is 2.24. The van der Waals surface area contributed by atoms with Crippen LogP contribution in [-0.4, -0.2) is 72.2 Å². The number of aromatic nitrogens is 1. The summed E-state index contributed by atoms with van der Waals surface area (Å²) in [5.41, 5.74) is 1.87. The van der Waals surface area contributed by atoms with Crippen LogP contribution in [-0.2, 0) is 4.79 Å². The van der Waals surface area contributed by atoms with Gasteiger partial charge in [-0.3, -0.25) is 14.7 Å². The Bertz CT molecular complexity index is 954. The van der Waals surface area contributed by atoms with E-state index in [1.807, 2.05) is 30.5 Å². The average Bonchev–Trinajstić information content (AvgIpc) is 3.15. The van der Waals surface area contributed by atoms with Crippen LogP contribution in [0.4, 0.5) is 10.1 Å². The summed E-state index contributed by atoms with van der Waals surface area (Å²) < 4.78 is 18.8. The zero-order valence-electron chi connectivity index (χ0n) is 17.1. The molecule has 0 saturated carbocycles. The zero-order valence-corrected chi connectivity index (χ0v) is 17.1. The average molecular weight is 411 g/mol. The smallest absolute Gasteiger partial charge is 0.237 e. The number of rotatable bonds is 5. The quantitative estimate of drug-likeness (QED) is 0.815. The van der Waals surface area contributed by atoms with Crippen molar-refractivity contribution in [2.24, 2.45) is 0 Å². The van der Waals surface area contributed by atoms with E-state index in [9.17, 15) is 9.18 Å². The van der Waals surface area contributed by atoms with Gasteiger partial charge >= 0.3 is 0 Å². The molecule has 1 N–H and O–H groups in total. The number of fused-ring (bicyclic) bond motifs is 1. The van der Waals surface area contributed by atoms with Crippen LogP contribution in [0.25, 0.3) is 10.9 Å². The van der Waals surface area contributed by atoms with Gasteiger partial charge in [-0.1, -0.05) is 0 Å². The molecular formula is C22H26FN5O2. The normalized spacial score (nSPS) is 22.8. The van der Waals surface area contributed by atoms with Crippen molar-refractivity contribution in [1.29, 1.82) is 5.26 Å². The largest absolute Gasteiger partial charge is 0.497 e. The van der Waals surface area contributed by atoms with E-state index >= 15 is 0 Å². The van der Waals surface area contributed by atoms with Crippen LogP contribution in [0.1, 0.15) is 19.3 Å². The Balaban J connectivity index is 1.29. The summed E-state index contributed by atoms with van der Waals surface area (Å²) in [6, 6.07) is 9.63. The van der Waals surface area contributed by atoms with E-state index in [0.29, 0.717) is 6.04 Å². The number of hydrogen-bond donors (Lipinski definition) is 1. The standard InChI is InChI=1S/C22H26FN5O2/c1-30-20-3-2-15-8-18(12-25-21(15)10-20)26-17-4-6-27(7-5-17)14-22(29)28-13-16(23)9-19(28)11-24/h2-3,8,10,12,16-17,19,26H,4-7,9,13-14H2,1H3/t16-,19?/m0/s1. The number of nitrogens with zero attached hydrogens (tertiary/aromatic N) is 4. The monoisotopic (exact) mass is 411 g/mol. The van der Waals surface area contributed by atoms with Crippen molar-refractivity contribution in [3.8, 4) is 11.8 Å². The molecule has 8 heteroatoms. The van der Waals surface area contributed by atoms with Crippen LogP contribution in [0.15, 0.2) is 30.5 Å². The highest BCUT2D eigenvalue weighted by Gasteiger charge is 2.36. The fourth-order valence-electron chi connectivity index (χ4n) is 4.24. The molecule has 1 amide bonds. The molecule has 2 aliphatic rings. The number of carbonyl (C=O) groups excluding carboxylic acids is 1. The van der Waals surface area contributed by atoms with Crippen LogP contribution in [0, 0.1) is 11.3 Å². The van der Waals surface area contributed by atoms with Crippen LogP contribution in [0.3, 0.4) is 0 Å². The minimum atomic E-state index is -1.09. The van der Waals surface area contributed by atoms with Gasteiger partial charge in [0, 0.05) is 37.0 Å². The van der Waals surface area contributed by atoms with Crippen molar-refractivity contribution in [3.63, 3.8) is 0 Å². The van der Waals surface area contributed by atoms with Gasteiger partial charge < -0.3 is 15.0 Å². The second-order valence-corrected chi connectivity index (χ2v) is 8.00. The molecule has 2 aromatic rings. The third-order valence-corrected chi connectivity index (χ3v) is 5.93. The highest BCUT2D eigenvalue weighted by molar-refractivity contribution is 5.83. The number of halogens is 1. The second kappa shape index (κ2) is 8.84. The molecule has 1 aromatic carbocycles. The SMILES string of the molecule is COc1ccc2cc(NC3CCN(CC(=O)N4C[C@@H](F)CC4C#N)CC3)cnc2c1. The molecule has 158 valence electrons. The number of amides is 1. The van der Waals surface area contributed by atoms with Gasteiger partial charge in [0.15, 0.2) is 0 Å². The molecule has 0 bridgehead atoms. The number of nitriles is 1. The van der Waals surface area contributed by atoms with Crippen molar-refractivity contribution in [2.75, 3.05) is 38.6 Å². The van der Waals surface area contributed by atoms with Gasteiger partial charge in [-0.25, -0.2) is 4.39 Å². The van der Waals surface area contributed by atoms with Crippen molar-refractivity contribution in [2.45, 2.75) is 37.5 Å². The van der Waals surface area contributed by atoms with E-state index in [1.54, 1.807) is 7.11 Å². The number of hydrogen-bond acceptors (Lipinski definition) is 6. The molecule has 4 rings (SSSR count). The molecule has 7 nitrogen and oxygen atoms in total. The number of alkyl halides is 1. The molecule has 0 spiro atoms. The molecule has 2 aliphatic heterocycles. The van der Waals surface area contributed by atoms with Crippen LogP contribution in [0.5, 0.6) is 5.75 Å². The predicted octanol–water partition coefficient (Wildman–Crippen LogP) is 2.58. The van der Waals surface area contributed by atoms with Crippen LogP contribution in [0.2, 0.25) is 0 Å². The third-order valence-electron chi connectivity index (χ3n) is 5.93. The van der Waals surface area contributed by atoms with Crippen LogP contribution < -0.4 is 10.1 Å². The lowest BCUT2D eigenvalue weighted by Crippen LogP contribution is -2.46. The maximum atomic E-state index is 13.6. The molecule has 2 atom stereocenters. The third kappa shape index (κ3) is 4.46. The summed E-state index contributed by atoms with van der Waals surface area (Å²) in [7, 11) is 1.64. The van der Waals surface area contributed by atoms with Gasteiger partial charge in [-0.05, 0) is 31.0 Å². The Morgan fingerprint density at radius 1 is 1.37 bits per heavy atom. The summed E-state index contributed by atoms with van der Waals surface area (Å²) in [4.78, 5) is 20.5. The molecular weight excluding hydrogens is 385 g/mol. The van der Waals surface area contributed by atoms with Crippen molar-refractivity contribution in [3.05, 3.63) is 30.5 Å². The Kier molecular flexibility index (Phi) is 6.00. The second-order valence-electron chi connectivity index (χ2n) is 8.00. The van der Waals surface area contributed by atoms with Gasteiger partial charge in [-0.2, -0.15) is 5.26 Å². The molecule has 1 aromatic heterocycles. The van der Waals surface area contributed by atoms with Gasteiger partial charge in [0.1, 0.15) is 18.0 Å². The number of nitrogens with one attached hydrogen (secondary N) is 1. The minimum Gasteiger partial charge on any atom is -0.497 e. The van der Waals surface area contributed by atoms with E-state index in [2.05, 4.69) is 21.3 Å². The Hall–Kier alpha value is -2.92. The van der Waals surface area contributed by atoms with Crippen LogP contribution >= 0.6 is 0 Å². The van der Waals surface area contributed by atoms with Gasteiger partial charge in [-0.15, -0.1) is 0 Å². The summed E-state index contributed by atoms with van der Waals surface area (Å²) >= 11 is 0. The summed E-state index contributed by atoms with van der Waals surface area (Å²) in [5.74, 6) is 0.636. The lowest BCUT2D eigenvalue weighted by molar-refractivity contribution is -0.132. The number of ether oxygens (including phenoxy) is 1. The molecule has 2 saturated heterocycles.